The second kappa shape index (κ2) is 9.12. The van der Waals surface area contributed by atoms with Crippen LogP contribution >= 0.6 is 0 Å². The molecule has 3 amide bonds. The lowest BCUT2D eigenvalue weighted by Crippen LogP contribution is -2.16. The van der Waals surface area contributed by atoms with Crippen molar-refractivity contribution in [2.75, 3.05) is 16.0 Å². The molecule has 30 heavy (non-hydrogen) atoms. The van der Waals surface area contributed by atoms with Crippen LogP contribution < -0.4 is 16.0 Å². The second-order valence-corrected chi connectivity index (χ2v) is 6.29. The normalized spacial score (nSPS) is 9.87. The Hall–Kier alpha value is -4.51. The summed E-state index contributed by atoms with van der Waals surface area (Å²) in [6.07, 6.45) is 2.67. The average molecular weight is 399 g/mol. The maximum Gasteiger partial charge on any atom is 0.257 e. The largest absolute Gasteiger partial charge is 0.326 e. The molecule has 148 valence electrons. The van der Waals surface area contributed by atoms with Crippen molar-refractivity contribution in [2.45, 2.75) is 6.92 Å². The van der Waals surface area contributed by atoms with Gasteiger partial charge in [-0.1, -0.05) is 18.2 Å². The molecule has 3 aromatic rings. The average Bonchev–Trinajstić information content (AvgIpc) is 2.74. The smallest absolute Gasteiger partial charge is 0.257 e. The summed E-state index contributed by atoms with van der Waals surface area (Å²) in [5.74, 6) is -1.18. The first-order chi connectivity index (χ1) is 14.5. The van der Waals surface area contributed by atoms with Crippen LogP contribution in [0.25, 0.3) is 0 Å². The number of nitrogens with one attached hydrogen (secondary N) is 3. The van der Waals surface area contributed by atoms with Crippen molar-refractivity contribution in [3.05, 3.63) is 83.7 Å². The van der Waals surface area contributed by atoms with Gasteiger partial charge in [0, 0.05) is 30.7 Å². The molecule has 0 radical (unpaired) electrons. The Balaban J connectivity index is 1.75. The molecule has 3 rings (SSSR count). The van der Waals surface area contributed by atoms with Gasteiger partial charge in [-0.25, -0.2) is 0 Å². The fourth-order valence-corrected chi connectivity index (χ4v) is 2.65. The van der Waals surface area contributed by atoms with E-state index in [1.165, 1.54) is 25.4 Å². The van der Waals surface area contributed by atoms with Crippen molar-refractivity contribution >= 4 is 34.8 Å². The van der Waals surface area contributed by atoms with E-state index >= 15 is 0 Å². The van der Waals surface area contributed by atoms with Crippen LogP contribution in [0.5, 0.6) is 0 Å². The van der Waals surface area contributed by atoms with Crippen LogP contribution in [0.15, 0.2) is 67.0 Å². The third-order valence-corrected chi connectivity index (χ3v) is 4.00. The third-order valence-electron chi connectivity index (χ3n) is 4.00. The fourth-order valence-electron chi connectivity index (χ4n) is 2.65. The van der Waals surface area contributed by atoms with E-state index in [1.807, 2.05) is 6.07 Å². The molecule has 0 saturated heterocycles. The number of aromatic nitrogens is 1. The highest BCUT2D eigenvalue weighted by atomic mass is 16.2. The zero-order chi connectivity index (χ0) is 21.5. The van der Waals surface area contributed by atoms with Gasteiger partial charge in [0.1, 0.15) is 6.07 Å². The maximum atomic E-state index is 12.6. The van der Waals surface area contributed by atoms with E-state index < -0.39 is 11.8 Å². The van der Waals surface area contributed by atoms with Crippen LogP contribution in [0.4, 0.5) is 17.1 Å². The zero-order valence-electron chi connectivity index (χ0n) is 16.0. The maximum absolute atomic E-state index is 12.6. The molecule has 0 bridgehead atoms. The van der Waals surface area contributed by atoms with Crippen LogP contribution in [-0.4, -0.2) is 22.7 Å². The number of nitrogens with zero attached hydrogens (tertiary/aromatic N) is 2. The Morgan fingerprint density at radius 1 is 0.833 bits per heavy atom. The Morgan fingerprint density at radius 2 is 1.47 bits per heavy atom. The first-order valence-corrected chi connectivity index (χ1v) is 8.91. The number of pyridine rings is 1. The number of carbonyl (C=O) groups excluding carboxylic acids is 3. The molecule has 0 aliphatic carbocycles. The number of hydrogen-bond acceptors (Lipinski definition) is 5. The van der Waals surface area contributed by atoms with Gasteiger partial charge < -0.3 is 16.0 Å². The minimum atomic E-state index is -0.493. The summed E-state index contributed by atoms with van der Waals surface area (Å²) in [6, 6.07) is 16.7. The number of para-hydroxylation sites is 1. The molecular formula is C22H17N5O3. The van der Waals surface area contributed by atoms with Gasteiger partial charge >= 0.3 is 0 Å². The van der Waals surface area contributed by atoms with Crippen LogP contribution in [0.1, 0.15) is 33.2 Å². The van der Waals surface area contributed by atoms with E-state index in [-0.39, 0.29) is 17.0 Å². The van der Waals surface area contributed by atoms with E-state index in [2.05, 4.69) is 20.9 Å². The van der Waals surface area contributed by atoms with Crippen molar-refractivity contribution < 1.29 is 14.4 Å². The van der Waals surface area contributed by atoms with E-state index in [9.17, 15) is 14.4 Å². The Labute approximate surface area is 172 Å². The van der Waals surface area contributed by atoms with Gasteiger partial charge in [-0.05, 0) is 36.4 Å². The zero-order valence-corrected chi connectivity index (χ0v) is 16.0. The minimum Gasteiger partial charge on any atom is -0.326 e. The summed E-state index contributed by atoms with van der Waals surface area (Å²) >= 11 is 0. The topological polar surface area (TPSA) is 124 Å². The van der Waals surface area contributed by atoms with Crippen LogP contribution in [-0.2, 0) is 4.79 Å². The first-order valence-electron chi connectivity index (χ1n) is 8.91. The Morgan fingerprint density at radius 3 is 2.13 bits per heavy atom. The molecule has 8 nitrogen and oxygen atoms in total. The van der Waals surface area contributed by atoms with Crippen molar-refractivity contribution in [1.82, 2.24) is 4.98 Å². The molecule has 8 heteroatoms. The lowest BCUT2D eigenvalue weighted by molar-refractivity contribution is -0.114. The number of anilines is 3. The molecule has 1 aromatic heterocycles. The second-order valence-electron chi connectivity index (χ2n) is 6.29. The minimum absolute atomic E-state index is 0.169. The number of nitriles is 1. The molecule has 1 heterocycles. The van der Waals surface area contributed by atoms with Crippen molar-refractivity contribution in [1.29, 1.82) is 5.26 Å². The number of benzene rings is 2. The standard InChI is InChI=1S/C22H17N5O3/c1-14(28)25-18-6-4-7-19(10-18)26-21(29)16-9-17(13-24-12-16)22(30)27-20-8-3-2-5-15(20)11-23/h2-10,12-13H,1H3,(H,25,28)(H,26,29)(H,27,30). The molecule has 2 aromatic carbocycles. The van der Waals surface area contributed by atoms with Gasteiger partial charge in [0.15, 0.2) is 0 Å². The quantitative estimate of drug-likeness (QED) is 0.606. The van der Waals surface area contributed by atoms with Crippen molar-refractivity contribution in [3.8, 4) is 6.07 Å². The van der Waals surface area contributed by atoms with Gasteiger partial charge in [-0.2, -0.15) is 5.26 Å². The number of rotatable bonds is 5. The molecule has 0 spiro atoms. The lowest BCUT2D eigenvalue weighted by atomic mass is 10.1. The summed E-state index contributed by atoms with van der Waals surface area (Å²) in [6.45, 7) is 1.39. The highest BCUT2D eigenvalue weighted by Gasteiger charge is 2.13. The molecule has 0 unspecified atom stereocenters. The van der Waals surface area contributed by atoms with E-state index in [0.717, 1.165) is 0 Å². The van der Waals surface area contributed by atoms with Crippen molar-refractivity contribution in [2.24, 2.45) is 0 Å². The van der Waals surface area contributed by atoms with E-state index in [1.54, 1.807) is 48.5 Å². The van der Waals surface area contributed by atoms with Gasteiger partial charge in [-0.15, -0.1) is 0 Å². The van der Waals surface area contributed by atoms with Crippen LogP contribution in [0.3, 0.4) is 0 Å². The van der Waals surface area contributed by atoms with Crippen LogP contribution in [0, 0.1) is 11.3 Å². The molecule has 0 aliphatic rings. The molecule has 0 saturated carbocycles. The summed E-state index contributed by atoms with van der Waals surface area (Å²) in [4.78, 5) is 40.2. The van der Waals surface area contributed by atoms with Crippen LogP contribution in [0.2, 0.25) is 0 Å². The molecule has 3 N–H and O–H groups in total. The molecular weight excluding hydrogens is 382 g/mol. The van der Waals surface area contributed by atoms with Gasteiger partial charge in [-0.3, -0.25) is 19.4 Å². The van der Waals surface area contributed by atoms with Gasteiger partial charge in [0.2, 0.25) is 5.91 Å². The summed E-state index contributed by atoms with van der Waals surface area (Å²) in [7, 11) is 0. The molecule has 0 aliphatic heterocycles. The van der Waals surface area contributed by atoms with Gasteiger partial charge in [0.25, 0.3) is 11.8 Å². The van der Waals surface area contributed by atoms with E-state index in [4.69, 9.17) is 5.26 Å². The predicted molar refractivity (Wildman–Crippen MR) is 112 cm³/mol. The first kappa shape index (κ1) is 20.2. The highest BCUT2D eigenvalue weighted by Crippen LogP contribution is 2.17. The Bertz CT molecular complexity index is 1170. The summed E-state index contributed by atoms with van der Waals surface area (Å²) in [5, 5.41) is 17.1. The Kier molecular flexibility index (Phi) is 6.15. The molecule has 0 fully saturated rings. The summed E-state index contributed by atoms with van der Waals surface area (Å²) in [5.41, 5.74) is 2.07. The van der Waals surface area contributed by atoms with Gasteiger partial charge in [0.05, 0.1) is 22.4 Å². The molecule has 0 atom stereocenters. The lowest BCUT2D eigenvalue weighted by Gasteiger charge is -2.09. The third kappa shape index (κ3) is 5.05. The number of amides is 3. The monoisotopic (exact) mass is 399 g/mol. The number of hydrogen-bond donors (Lipinski definition) is 3. The number of carbonyl (C=O) groups is 3. The highest BCUT2D eigenvalue weighted by molar-refractivity contribution is 6.08. The SMILES string of the molecule is CC(=O)Nc1cccc(NC(=O)c2cncc(C(=O)Nc3ccccc3C#N)c2)c1. The summed E-state index contributed by atoms with van der Waals surface area (Å²) < 4.78 is 0. The fraction of sp³-hybridized carbons (Fsp3) is 0.0455. The van der Waals surface area contributed by atoms with Crippen molar-refractivity contribution in [3.63, 3.8) is 0 Å². The predicted octanol–water partition coefficient (Wildman–Crippen LogP) is 3.42. The van der Waals surface area contributed by atoms with E-state index in [0.29, 0.717) is 22.6 Å².